The lowest BCUT2D eigenvalue weighted by atomic mass is 10.2. The summed E-state index contributed by atoms with van der Waals surface area (Å²) in [4.78, 5) is 2.16. The van der Waals surface area contributed by atoms with Crippen molar-refractivity contribution in [2.75, 3.05) is 7.05 Å². The third kappa shape index (κ3) is 3.40. The van der Waals surface area contributed by atoms with Crippen molar-refractivity contribution < 1.29 is 4.39 Å². The molecule has 0 amide bonds. The number of aryl methyl sites for hydroxylation is 1. The monoisotopic (exact) mass is 311 g/mol. The Balaban J connectivity index is 1.98. The molecule has 0 saturated carbocycles. The summed E-state index contributed by atoms with van der Waals surface area (Å²) in [7, 11) is 3.94. The molecule has 1 aromatic carbocycles. The molecule has 0 unspecified atom stereocenters. The van der Waals surface area contributed by atoms with Crippen LogP contribution in [0.15, 0.2) is 35.1 Å². The van der Waals surface area contributed by atoms with Gasteiger partial charge in [0.05, 0.1) is 10.7 Å². The molecule has 5 heteroatoms. The number of halogens is 2. The predicted molar refractivity (Wildman–Crippen MR) is 72.5 cm³/mol. The van der Waals surface area contributed by atoms with Crippen LogP contribution >= 0.6 is 15.9 Å². The van der Waals surface area contributed by atoms with E-state index in [0.29, 0.717) is 4.47 Å². The summed E-state index contributed by atoms with van der Waals surface area (Å²) in [6, 6.07) is 5.10. The minimum Gasteiger partial charge on any atom is -0.298 e. The van der Waals surface area contributed by atoms with E-state index in [4.69, 9.17) is 0 Å². The maximum Gasteiger partial charge on any atom is 0.137 e. The fourth-order valence-electron chi connectivity index (χ4n) is 1.87. The summed E-state index contributed by atoms with van der Waals surface area (Å²) in [5.41, 5.74) is 2.25. The molecule has 96 valence electrons. The van der Waals surface area contributed by atoms with E-state index in [-0.39, 0.29) is 5.82 Å². The molecule has 2 aromatic rings. The summed E-state index contributed by atoms with van der Waals surface area (Å²) in [5.74, 6) is -0.228. The molecule has 0 bridgehead atoms. The molecule has 0 aliphatic carbocycles. The normalized spacial score (nSPS) is 11.2. The highest BCUT2D eigenvalue weighted by molar-refractivity contribution is 9.10. The van der Waals surface area contributed by atoms with Crippen LogP contribution in [0.4, 0.5) is 4.39 Å². The van der Waals surface area contributed by atoms with E-state index < -0.39 is 0 Å². The highest BCUT2D eigenvalue weighted by Crippen LogP contribution is 2.18. The number of benzene rings is 1. The van der Waals surface area contributed by atoms with Crippen LogP contribution in [0.5, 0.6) is 0 Å². The van der Waals surface area contributed by atoms with Crippen molar-refractivity contribution in [2.24, 2.45) is 7.05 Å². The zero-order valence-electron chi connectivity index (χ0n) is 10.4. The van der Waals surface area contributed by atoms with Gasteiger partial charge < -0.3 is 0 Å². The molecule has 0 saturated heterocycles. The molecule has 0 spiro atoms. The summed E-state index contributed by atoms with van der Waals surface area (Å²) in [6.45, 7) is 1.59. The van der Waals surface area contributed by atoms with E-state index in [1.54, 1.807) is 10.7 Å². The Hall–Kier alpha value is -1.20. The fourth-order valence-corrected chi connectivity index (χ4v) is 2.30. The van der Waals surface area contributed by atoms with Crippen LogP contribution in [0.1, 0.15) is 11.1 Å². The minimum atomic E-state index is -0.228. The van der Waals surface area contributed by atoms with Crippen molar-refractivity contribution in [1.82, 2.24) is 14.7 Å². The summed E-state index contributed by atoms with van der Waals surface area (Å²) < 4.78 is 15.4. The van der Waals surface area contributed by atoms with E-state index in [1.807, 2.05) is 32.6 Å². The number of hydrogen-bond donors (Lipinski definition) is 0. The minimum absolute atomic E-state index is 0.228. The van der Waals surface area contributed by atoms with Crippen molar-refractivity contribution in [3.8, 4) is 0 Å². The van der Waals surface area contributed by atoms with Crippen molar-refractivity contribution in [3.63, 3.8) is 0 Å². The lowest BCUT2D eigenvalue weighted by molar-refractivity contribution is 0.319. The standard InChI is InChI=1S/C13H15BrFN3/c1-17(8-11-6-16-18(2)9-11)7-10-3-4-13(15)12(14)5-10/h3-6,9H,7-8H2,1-2H3. The Bertz CT molecular complexity index is 539. The molecular formula is C13H15BrFN3. The molecule has 1 heterocycles. The van der Waals surface area contributed by atoms with Gasteiger partial charge in [-0.05, 0) is 40.7 Å². The van der Waals surface area contributed by atoms with Crippen LogP contribution in [0.25, 0.3) is 0 Å². The molecule has 0 N–H and O–H groups in total. The van der Waals surface area contributed by atoms with Gasteiger partial charge in [0.1, 0.15) is 5.82 Å². The molecule has 1 aromatic heterocycles. The van der Waals surface area contributed by atoms with E-state index in [0.717, 1.165) is 18.7 Å². The average molecular weight is 312 g/mol. The average Bonchev–Trinajstić information content (AvgIpc) is 2.69. The van der Waals surface area contributed by atoms with Gasteiger partial charge in [0, 0.05) is 31.9 Å². The largest absolute Gasteiger partial charge is 0.298 e. The van der Waals surface area contributed by atoms with Crippen LogP contribution < -0.4 is 0 Å². The molecule has 0 radical (unpaired) electrons. The lowest BCUT2D eigenvalue weighted by Gasteiger charge is -2.15. The van der Waals surface area contributed by atoms with Gasteiger partial charge in [-0.25, -0.2) is 4.39 Å². The van der Waals surface area contributed by atoms with Crippen molar-refractivity contribution in [3.05, 3.63) is 52.0 Å². The van der Waals surface area contributed by atoms with Crippen LogP contribution in [0.3, 0.4) is 0 Å². The van der Waals surface area contributed by atoms with E-state index in [9.17, 15) is 4.39 Å². The van der Waals surface area contributed by atoms with Crippen LogP contribution in [0.2, 0.25) is 0 Å². The van der Waals surface area contributed by atoms with E-state index in [2.05, 4.69) is 25.9 Å². The molecule has 0 atom stereocenters. The zero-order chi connectivity index (χ0) is 13.1. The van der Waals surface area contributed by atoms with Crippen molar-refractivity contribution in [1.29, 1.82) is 0 Å². The Labute approximate surface area is 114 Å². The smallest absolute Gasteiger partial charge is 0.137 e. The second kappa shape index (κ2) is 5.63. The number of hydrogen-bond acceptors (Lipinski definition) is 2. The summed E-state index contributed by atoms with van der Waals surface area (Å²) in [6.07, 6.45) is 3.86. The Morgan fingerprint density at radius 1 is 1.33 bits per heavy atom. The highest BCUT2D eigenvalue weighted by atomic mass is 79.9. The predicted octanol–water partition coefficient (Wildman–Crippen LogP) is 2.95. The van der Waals surface area contributed by atoms with E-state index >= 15 is 0 Å². The highest BCUT2D eigenvalue weighted by Gasteiger charge is 2.05. The van der Waals surface area contributed by atoms with Crippen molar-refractivity contribution in [2.45, 2.75) is 13.1 Å². The van der Waals surface area contributed by atoms with Gasteiger partial charge in [-0.15, -0.1) is 0 Å². The molecule has 0 aliphatic heterocycles. The molecule has 0 aliphatic rings. The van der Waals surface area contributed by atoms with Crippen molar-refractivity contribution >= 4 is 15.9 Å². The first-order valence-corrected chi connectivity index (χ1v) is 6.44. The van der Waals surface area contributed by atoms with Gasteiger partial charge in [0.15, 0.2) is 0 Å². The Morgan fingerprint density at radius 2 is 2.06 bits per heavy atom. The molecular weight excluding hydrogens is 297 g/mol. The number of aromatic nitrogens is 2. The molecule has 2 rings (SSSR count). The first-order chi connectivity index (χ1) is 8.54. The Kier molecular flexibility index (Phi) is 4.14. The molecule has 3 nitrogen and oxygen atoms in total. The van der Waals surface area contributed by atoms with Crippen LogP contribution in [-0.2, 0) is 20.1 Å². The van der Waals surface area contributed by atoms with Gasteiger partial charge in [-0.2, -0.15) is 5.10 Å². The summed E-state index contributed by atoms with van der Waals surface area (Å²) >= 11 is 3.20. The lowest BCUT2D eigenvalue weighted by Crippen LogP contribution is -2.16. The first kappa shape index (κ1) is 13.2. The third-order valence-electron chi connectivity index (χ3n) is 2.65. The van der Waals surface area contributed by atoms with Gasteiger partial charge in [-0.1, -0.05) is 6.07 Å². The Morgan fingerprint density at radius 3 is 2.67 bits per heavy atom. The van der Waals surface area contributed by atoms with Crippen LogP contribution in [0, 0.1) is 5.82 Å². The maximum atomic E-state index is 13.1. The zero-order valence-corrected chi connectivity index (χ0v) is 12.0. The molecule has 18 heavy (non-hydrogen) atoms. The van der Waals surface area contributed by atoms with Gasteiger partial charge in [0.2, 0.25) is 0 Å². The number of nitrogens with zero attached hydrogens (tertiary/aromatic N) is 3. The molecule has 0 fully saturated rings. The van der Waals surface area contributed by atoms with Crippen LogP contribution in [-0.4, -0.2) is 21.7 Å². The third-order valence-corrected chi connectivity index (χ3v) is 3.26. The van der Waals surface area contributed by atoms with E-state index in [1.165, 1.54) is 11.6 Å². The van der Waals surface area contributed by atoms with Gasteiger partial charge >= 0.3 is 0 Å². The quantitative estimate of drug-likeness (QED) is 0.865. The second-order valence-electron chi connectivity index (χ2n) is 4.44. The maximum absolute atomic E-state index is 13.1. The van der Waals surface area contributed by atoms with Gasteiger partial charge in [-0.3, -0.25) is 9.58 Å². The number of rotatable bonds is 4. The topological polar surface area (TPSA) is 21.1 Å². The second-order valence-corrected chi connectivity index (χ2v) is 5.30. The van der Waals surface area contributed by atoms with Gasteiger partial charge in [0.25, 0.3) is 0 Å². The summed E-state index contributed by atoms with van der Waals surface area (Å²) in [5, 5.41) is 4.14. The fraction of sp³-hybridized carbons (Fsp3) is 0.308. The first-order valence-electron chi connectivity index (χ1n) is 5.64. The SMILES string of the molecule is CN(Cc1ccc(F)c(Br)c1)Cc1cnn(C)c1.